The number of rotatable bonds is 6. The molecule has 0 aliphatic carbocycles. The number of sulfonamides is 1. The van der Waals surface area contributed by atoms with E-state index in [9.17, 15) is 17.6 Å². The topological polar surface area (TPSA) is 66.5 Å². The molecule has 0 saturated carbocycles. The van der Waals surface area contributed by atoms with Crippen LogP contribution in [0.2, 0.25) is 0 Å². The second kappa shape index (κ2) is 7.87. The van der Waals surface area contributed by atoms with Gasteiger partial charge in [0.25, 0.3) is 0 Å². The smallest absolute Gasteiger partial charge is 0.239 e. The molecule has 8 heteroatoms. The van der Waals surface area contributed by atoms with Gasteiger partial charge in [0.05, 0.1) is 12.8 Å². The second-order valence-electron chi connectivity index (χ2n) is 5.22. The van der Waals surface area contributed by atoms with Gasteiger partial charge in [-0.05, 0) is 35.9 Å². The highest BCUT2D eigenvalue weighted by Gasteiger charge is 2.20. The molecular weight excluding hydrogens is 399 g/mol. The van der Waals surface area contributed by atoms with E-state index in [0.717, 1.165) is 15.0 Å². The van der Waals surface area contributed by atoms with E-state index < -0.39 is 21.7 Å². The zero-order valence-electron chi connectivity index (χ0n) is 12.9. The van der Waals surface area contributed by atoms with Crippen LogP contribution in [0.25, 0.3) is 0 Å². The minimum atomic E-state index is -3.60. The maximum Gasteiger partial charge on any atom is 0.239 e. The van der Waals surface area contributed by atoms with Crippen molar-refractivity contribution >= 4 is 37.5 Å². The Morgan fingerprint density at radius 3 is 2.46 bits per heavy atom. The lowest BCUT2D eigenvalue weighted by Crippen LogP contribution is -2.36. The lowest BCUT2D eigenvalue weighted by Gasteiger charge is -2.19. The summed E-state index contributed by atoms with van der Waals surface area (Å²) >= 11 is 3.30. The normalized spacial score (nSPS) is 11.5. The van der Waals surface area contributed by atoms with Crippen molar-refractivity contribution in [3.8, 4) is 0 Å². The fourth-order valence-corrected chi connectivity index (χ4v) is 3.15. The van der Waals surface area contributed by atoms with Crippen molar-refractivity contribution < 1.29 is 17.6 Å². The average molecular weight is 415 g/mol. The number of halogens is 2. The minimum absolute atomic E-state index is 0.00891. The van der Waals surface area contributed by atoms with Gasteiger partial charge in [-0.3, -0.25) is 4.79 Å². The molecule has 2 aromatic rings. The number of hydrogen-bond donors (Lipinski definition) is 1. The number of hydrogen-bond acceptors (Lipinski definition) is 3. The zero-order valence-corrected chi connectivity index (χ0v) is 15.3. The Hall–Kier alpha value is -1.77. The Kier molecular flexibility index (Phi) is 6.09. The Bertz CT molecular complexity index is 825. The van der Waals surface area contributed by atoms with Crippen LogP contribution in [0.5, 0.6) is 0 Å². The van der Waals surface area contributed by atoms with Gasteiger partial charge < -0.3 is 5.32 Å². The van der Waals surface area contributed by atoms with Crippen molar-refractivity contribution in [2.75, 3.05) is 18.1 Å². The summed E-state index contributed by atoms with van der Waals surface area (Å²) in [4.78, 5) is 12.1. The second-order valence-corrected chi connectivity index (χ2v) is 8.11. The molecule has 0 aliphatic heterocycles. The van der Waals surface area contributed by atoms with Gasteiger partial charge in [-0.1, -0.05) is 34.1 Å². The van der Waals surface area contributed by atoms with Crippen molar-refractivity contribution in [2.24, 2.45) is 0 Å². The summed E-state index contributed by atoms with van der Waals surface area (Å²) < 4.78 is 38.6. The van der Waals surface area contributed by atoms with Gasteiger partial charge in [-0.15, -0.1) is 0 Å². The van der Waals surface area contributed by atoms with Crippen LogP contribution in [0.4, 0.5) is 10.1 Å². The van der Waals surface area contributed by atoms with Crippen LogP contribution in [0.1, 0.15) is 5.56 Å². The number of amides is 1. The summed E-state index contributed by atoms with van der Waals surface area (Å²) in [5.41, 5.74) is 1.15. The van der Waals surface area contributed by atoms with E-state index in [1.807, 2.05) is 6.07 Å². The number of carbonyl (C=O) groups excluding carboxylic acids is 1. The van der Waals surface area contributed by atoms with Crippen molar-refractivity contribution in [2.45, 2.75) is 6.54 Å². The monoisotopic (exact) mass is 414 g/mol. The van der Waals surface area contributed by atoms with E-state index in [1.54, 1.807) is 18.2 Å². The van der Waals surface area contributed by atoms with E-state index in [1.165, 1.54) is 24.3 Å². The fourth-order valence-electron chi connectivity index (χ4n) is 2.01. The summed E-state index contributed by atoms with van der Waals surface area (Å²) in [6.45, 7) is -0.340. The number of carbonyl (C=O) groups is 1. The molecule has 0 spiro atoms. The molecule has 1 N–H and O–H groups in total. The van der Waals surface area contributed by atoms with Crippen LogP contribution in [-0.2, 0) is 21.4 Å². The highest BCUT2D eigenvalue weighted by molar-refractivity contribution is 9.10. The summed E-state index contributed by atoms with van der Waals surface area (Å²) in [5.74, 6) is -0.863. The Balaban J connectivity index is 2.08. The largest absolute Gasteiger partial charge is 0.325 e. The Morgan fingerprint density at radius 2 is 1.88 bits per heavy atom. The van der Waals surface area contributed by atoms with Gasteiger partial charge in [0.15, 0.2) is 0 Å². The average Bonchev–Trinajstić information content (AvgIpc) is 2.48. The molecule has 0 heterocycles. The maximum absolute atomic E-state index is 12.9. The molecule has 0 aliphatic rings. The Morgan fingerprint density at radius 1 is 1.21 bits per heavy atom. The van der Waals surface area contributed by atoms with Gasteiger partial charge >= 0.3 is 0 Å². The van der Waals surface area contributed by atoms with Crippen molar-refractivity contribution in [1.82, 2.24) is 4.31 Å². The lowest BCUT2D eigenvalue weighted by atomic mass is 10.2. The molecule has 0 aromatic heterocycles. The SMILES string of the molecule is CS(=O)(=O)N(CC(=O)Nc1cccc(Br)c1)Cc1ccc(F)cc1. The maximum atomic E-state index is 12.9. The number of nitrogens with one attached hydrogen (secondary N) is 1. The molecule has 1 amide bonds. The van der Waals surface area contributed by atoms with E-state index in [2.05, 4.69) is 21.2 Å². The van der Waals surface area contributed by atoms with Gasteiger partial charge in [0, 0.05) is 16.7 Å². The first-order chi connectivity index (χ1) is 11.2. The molecular formula is C16H16BrFN2O3S. The molecule has 2 rings (SSSR count). The molecule has 2 aromatic carbocycles. The number of benzene rings is 2. The van der Waals surface area contributed by atoms with Crippen LogP contribution in [0.15, 0.2) is 53.0 Å². The first-order valence-corrected chi connectivity index (χ1v) is 9.63. The zero-order chi connectivity index (χ0) is 17.7. The third-order valence-electron chi connectivity index (χ3n) is 3.17. The molecule has 24 heavy (non-hydrogen) atoms. The van der Waals surface area contributed by atoms with Crippen molar-refractivity contribution in [1.29, 1.82) is 0 Å². The first-order valence-electron chi connectivity index (χ1n) is 6.99. The predicted octanol–water partition coefficient (Wildman–Crippen LogP) is 2.99. The summed E-state index contributed by atoms with van der Waals surface area (Å²) in [6, 6.07) is 12.4. The van der Waals surface area contributed by atoms with Crippen molar-refractivity contribution in [3.63, 3.8) is 0 Å². The standard InChI is InChI=1S/C16H16BrFN2O3S/c1-24(22,23)20(10-12-5-7-14(18)8-6-12)11-16(21)19-15-4-2-3-13(17)9-15/h2-9H,10-11H2,1H3,(H,19,21). The minimum Gasteiger partial charge on any atom is -0.325 e. The van der Waals surface area contributed by atoms with Crippen molar-refractivity contribution in [3.05, 3.63) is 64.4 Å². The third-order valence-corrected chi connectivity index (χ3v) is 4.86. The van der Waals surface area contributed by atoms with Crippen LogP contribution in [0, 0.1) is 5.82 Å². The quantitative estimate of drug-likeness (QED) is 0.789. The van der Waals surface area contributed by atoms with Crippen LogP contribution >= 0.6 is 15.9 Å². The van der Waals surface area contributed by atoms with E-state index in [-0.39, 0.29) is 13.1 Å². The van der Waals surface area contributed by atoms with Crippen LogP contribution in [0.3, 0.4) is 0 Å². The van der Waals surface area contributed by atoms with E-state index in [4.69, 9.17) is 0 Å². The summed E-state index contributed by atoms with van der Waals surface area (Å²) in [5, 5.41) is 2.65. The van der Waals surface area contributed by atoms with Gasteiger partial charge in [-0.2, -0.15) is 4.31 Å². The highest BCUT2D eigenvalue weighted by Crippen LogP contribution is 2.16. The molecule has 128 valence electrons. The van der Waals surface area contributed by atoms with Gasteiger partial charge in [0.1, 0.15) is 5.82 Å². The lowest BCUT2D eigenvalue weighted by molar-refractivity contribution is -0.116. The molecule has 0 radical (unpaired) electrons. The molecule has 5 nitrogen and oxygen atoms in total. The van der Waals surface area contributed by atoms with Gasteiger partial charge in [-0.25, -0.2) is 12.8 Å². The van der Waals surface area contributed by atoms with E-state index in [0.29, 0.717) is 11.3 Å². The summed E-state index contributed by atoms with van der Waals surface area (Å²) in [7, 11) is -3.60. The number of nitrogens with zero attached hydrogens (tertiary/aromatic N) is 1. The first kappa shape index (κ1) is 18.6. The van der Waals surface area contributed by atoms with Gasteiger partial charge in [0.2, 0.25) is 15.9 Å². The fraction of sp³-hybridized carbons (Fsp3) is 0.188. The molecule has 0 unspecified atom stereocenters. The molecule has 0 bridgehead atoms. The molecule has 0 fully saturated rings. The highest BCUT2D eigenvalue weighted by atomic mass is 79.9. The Labute approximate surface area is 148 Å². The van der Waals surface area contributed by atoms with E-state index >= 15 is 0 Å². The van der Waals surface area contributed by atoms with Crippen LogP contribution < -0.4 is 5.32 Å². The van der Waals surface area contributed by atoms with Crippen LogP contribution in [-0.4, -0.2) is 31.4 Å². The predicted molar refractivity (Wildman–Crippen MR) is 94.4 cm³/mol. The third kappa shape index (κ3) is 5.70. The number of anilines is 1. The summed E-state index contributed by atoms with van der Waals surface area (Å²) in [6.07, 6.45) is 1.03. The molecule has 0 saturated heterocycles. The molecule has 0 atom stereocenters.